The van der Waals surface area contributed by atoms with Crippen molar-refractivity contribution >= 4 is 11.0 Å². The Morgan fingerprint density at radius 1 is 1.28 bits per heavy atom. The second-order valence-corrected chi connectivity index (χ2v) is 5.27. The number of hydrogen-bond donors (Lipinski definition) is 1. The number of para-hydroxylation sites is 1. The van der Waals surface area contributed by atoms with Crippen molar-refractivity contribution in [1.82, 2.24) is 4.90 Å². The van der Waals surface area contributed by atoms with Crippen molar-refractivity contribution in [2.75, 3.05) is 20.1 Å². The lowest BCUT2D eigenvalue weighted by Crippen LogP contribution is -2.32. The molecular formula is C15H22N2O. The standard InChI is InChI=1S/C15H22N2O/c1-11(2)10-17(3)13(9-16)15-8-12-6-4-5-7-14(12)18-15/h4-8,11,13H,9-10,16H2,1-3H3. The molecule has 0 amide bonds. The van der Waals surface area contributed by atoms with Gasteiger partial charge in [-0.2, -0.15) is 0 Å². The van der Waals surface area contributed by atoms with Crippen LogP contribution in [0.5, 0.6) is 0 Å². The lowest BCUT2D eigenvalue weighted by molar-refractivity contribution is 0.202. The summed E-state index contributed by atoms with van der Waals surface area (Å²) in [4.78, 5) is 2.27. The normalized spacial score (nSPS) is 13.7. The molecule has 2 rings (SSSR count). The molecule has 0 saturated carbocycles. The molecule has 3 heteroatoms. The predicted molar refractivity (Wildman–Crippen MR) is 75.5 cm³/mol. The molecule has 1 heterocycles. The first kappa shape index (κ1) is 13.1. The van der Waals surface area contributed by atoms with Crippen LogP contribution in [0.4, 0.5) is 0 Å². The Labute approximate surface area is 109 Å². The predicted octanol–water partition coefficient (Wildman–Crippen LogP) is 3.02. The zero-order chi connectivity index (χ0) is 13.1. The maximum Gasteiger partial charge on any atom is 0.134 e. The van der Waals surface area contributed by atoms with Crippen molar-refractivity contribution in [1.29, 1.82) is 0 Å². The van der Waals surface area contributed by atoms with Crippen LogP contribution in [0.3, 0.4) is 0 Å². The lowest BCUT2D eigenvalue weighted by atomic mass is 10.1. The third-order valence-corrected chi connectivity index (χ3v) is 3.18. The number of hydrogen-bond acceptors (Lipinski definition) is 3. The average Bonchev–Trinajstić information content (AvgIpc) is 2.71. The highest BCUT2D eigenvalue weighted by Gasteiger charge is 2.20. The Bertz CT molecular complexity index is 471. The molecule has 18 heavy (non-hydrogen) atoms. The van der Waals surface area contributed by atoms with Gasteiger partial charge in [0.2, 0.25) is 0 Å². The van der Waals surface area contributed by atoms with E-state index in [1.54, 1.807) is 0 Å². The first-order valence-electron chi connectivity index (χ1n) is 6.50. The Morgan fingerprint density at radius 2 is 2.00 bits per heavy atom. The van der Waals surface area contributed by atoms with Gasteiger partial charge in [0.15, 0.2) is 0 Å². The maximum atomic E-state index is 5.90. The molecule has 0 spiro atoms. The van der Waals surface area contributed by atoms with Gasteiger partial charge in [0, 0.05) is 18.5 Å². The van der Waals surface area contributed by atoms with Gasteiger partial charge in [0.25, 0.3) is 0 Å². The molecule has 1 unspecified atom stereocenters. The summed E-state index contributed by atoms with van der Waals surface area (Å²) in [5.74, 6) is 1.58. The molecule has 0 radical (unpaired) electrons. The summed E-state index contributed by atoms with van der Waals surface area (Å²) in [6.07, 6.45) is 0. The highest BCUT2D eigenvalue weighted by molar-refractivity contribution is 5.77. The van der Waals surface area contributed by atoms with E-state index in [2.05, 4.69) is 37.9 Å². The van der Waals surface area contributed by atoms with E-state index >= 15 is 0 Å². The lowest BCUT2D eigenvalue weighted by Gasteiger charge is -2.26. The summed E-state index contributed by atoms with van der Waals surface area (Å²) in [5.41, 5.74) is 6.84. The van der Waals surface area contributed by atoms with E-state index in [4.69, 9.17) is 10.2 Å². The molecule has 0 aliphatic rings. The molecule has 98 valence electrons. The SMILES string of the molecule is CC(C)CN(C)C(CN)c1cc2ccccc2o1. The summed E-state index contributed by atoms with van der Waals surface area (Å²) in [5, 5.41) is 1.14. The Hall–Kier alpha value is -1.32. The van der Waals surface area contributed by atoms with E-state index in [1.165, 1.54) is 0 Å². The van der Waals surface area contributed by atoms with Crippen LogP contribution in [-0.2, 0) is 0 Å². The van der Waals surface area contributed by atoms with E-state index in [-0.39, 0.29) is 6.04 Å². The average molecular weight is 246 g/mol. The molecule has 1 aromatic heterocycles. The number of rotatable bonds is 5. The van der Waals surface area contributed by atoms with Gasteiger partial charge in [-0.1, -0.05) is 32.0 Å². The Morgan fingerprint density at radius 3 is 2.61 bits per heavy atom. The van der Waals surface area contributed by atoms with E-state index in [9.17, 15) is 0 Å². The van der Waals surface area contributed by atoms with Crippen LogP contribution in [0.2, 0.25) is 0 Å². The van der Waals surface area contributed by atoms with Gasteiger partial charge in [-0.05, 0) is 25.1 Å². The summed E-state index contributed by atoms with van der Waals surface area (Å²) in [7, 11) is 2.10. The number of nitrogens with two attached hydrogens (primary N) is 1. The highest BCUT2D eigenvalue weighted by Crippen LogP contribution is 2.26. The molecule has 1 atom stereocenters. The molecule has 2 aromatic rings. The van der Waals surface area contributed by atoms with Crippen molar-refractivity contribution in [3.8, 4) is 0 Å². The molecule has 0 saturated heterocycles. The van der Waals surface area contributed by atoms with E-state index in [1.807, 2.05) is 18.2 Å². The van der Waals surface area contributed by atoms with Gasteiger partial charge in [-0.3, -0.25) is 4.90 Å². The summed E-state index contributed by atoms with van der Waals surface area (Å²) >= 11 is 0. The van der Waals surface area contributed by atoms with Crippen molar-refractivity contribution in [2.45, 2.75) is 19.9 Å². The quantitative estimate of drug-likeness (QED) is 0.881. The number of furan rings is 1. The van der Waals surface area contributed by atoms with Gasteiger partial charge in [0.05, 0.1) is 6.04 Å². The molecule has 0 bridgehead atoms. The van der Waals surface area contributed by atoms with Gasteiger partial charge in [0.1, 0.15) is 11.3 Å². The van der Waals surface area contributed by atoms with Crippen molar-refractivity contribution in [3.63, 3.8) is 0 Å². The fraction of sp³-hybridized carbons (Fsp3) is 0.467. The molecule has 3 nitrogen and oxygen atoms in total. The number of likely N-dealkylation sites (N-methyl/N-ethyl adjacent to an activating group) is 1. The van der Waals surface area contributed by atoms with Crippen LogP contribution >= 0.6 is 0 Å². The number of fused-ring (bicyclic) bond motifs is 1. The number of benzene rings is 1. The minimum atomic E-state index is 0.153. The third-order valence-electron chi connectivity index (χ3n) is 3.18. The first-order chi connectivity index (χ1) is 8.61. The van der Waals surface area contributed by atoms with Gasteiger partial charge >= 0.3 is 0 Å². The first-order valence-corrected chi connectivity index (χ1v) is 6.50. The molecule has 0 aliphatic heterocycles. The van der Waals surface area contributed by atoms with Crippen molar-refractivity contribution < 1.29 is 4.42 Å². The summed E-state index contributed by atoms with van der Waals surface area (Å²) < 4.78 is 5.90. The van der Waals surface area contributed by atoms with Crippen LogP contribution in [0.25, 0.3) is 11.0 Å². The van der Waals surface area contributed by atoms with E-state index in [0.29, 0.717) is 12.5 Å². The Kier molecular flexibility index (Phi) is 4.04. The van der Waals surface area contributed by atoms with Crippen LogP contribution in [-0.4, -0.2) is 25.0 Å². The van der Waals surface area contributed by atoms with Crippen LogP contribution in [0, 0.1) is 5.92 Å². The molecule has 0 fully saturated rings. The fourth-order valence-corrected chi connectivity index (χ4v) is 2.38. The topological polar surface area (TPSA) is 42.4 Å². The minimum Gasteiger partial charge on any atom is -0.459 e. The zero-order valence-electron chi connectivity index (χ0n) is 11.4. The minimum absolute atomic E-state index is 0.153. The van der Waals surface area contributed by atoms with Crippen LogP contribution in [0.15, 0.2) is 34.7 Å². The number of nitrogens with zero attached hydrogens (tertiary/aromatic N) is 1. The van der Waals surface area contributed by atoms with Gasteiger partial charge < -0.3 is 10.2 Å². The largest absolute Gasteiger partial charge is 0.459 e. The maximum absolute atomic E-state index is 5.90. The summed E-state index contributed by atoms with van der Waals surface area (Å²) in [6.45, 7) is 6.01. The molecule has 0 aliphatic carbocycles. The smallest absolute Gasteiger partial charge is 0.134 e. The second kappa shape index (κ2) is 5.55. The molecule has 2 N–H and O–H groups in total. The van der Waals surface area contributed by atoms with Gasteiger partial charge in [-0.15, -0.1) is 0 Å². The third kappa shape index (κ3) is 2.74. The van der Waals surface area contributed by atoms with Crippen molar-refractivity contribution in [2.24, 2.45) is 11.7 Å². The van der Waals surface area contributed by atoms with Crippen LogP contribution < -0.4 is 5.73 Å². The Balaban J connectivity index is 2.26. The fourth-order valence-electron chi connectivity index (χ4n) is 2.38. The monoisotopic (exact) mass is 246 g/mol. The molecule has 1 aromatic carbocycles. The summed E-state index contributed by atoms with van der Waals surface area (Å²) in [6, 6.07) is 10.3. The second-order valence-electron chi connectivity index (χ2n) is 5.27. The molecular weight excluding hydrogens is 224 g/mol. The van der Waals surface area contributed by atoms with Crippen LogP contribution in [0.1, 0.15) is 25.6 Å². The van der Waals surface area contributed by atoms with E-state index in [0.717, 1.165) is 23.3 Å². The van der Waals surface area contributed by atoms with Gasteiger partial charge in [-0.25, -0.2) is 0 Å². The zero-order valence-corrected chi connectivity index (χ0v) is 11.4. The highest BCUT2D eigenvalue weighted by atomic mass is 16.3. The van der Waals surface area contributed by atoms with E-state index < -0.39 is 0 Å². The van der Waals surface area contributed by atoms with Crippen molar-refractivity contribution in [3.05, 3.63) is 36.1 Å².